The molecule has 0 radical (unpaired) electrons. The highest BCUT2D eigenvalue weighted by molar-refractivity contribution is 5.79. The van der Waals surface area contributed by atoms with Gasteiger partial charge in [0.05, 0.1) is 5.92 Å². The molecule has 5 heteroatoms. The van der Waals surface area contributed by atoms with Crippen molar-refractivity contribution in [1.29, 1.82) is 0 Å². The van der Waals surface area contributed by atoms with E-state index < -0.39 is 5.97 Å². The first-order chi connectivity index (χ1) is 9.16. The van der Waals surface area contributed by atoms with Crippen molar-refractivity contribution in [1.82, 2.24) is 10.2 Å². The smallest absolute Gasteiger partial charge is 0.317 e. The maximum atomic E-state index is 12.3. The topological polar surface area (TPSA) is 69.6 Å². The molecule has 2 amide bonds. The standard InChI is InChI=1S/C14H22N2O3/c17-13(18)11-7-10-5-6-12(11)16(10)14(19)15-8-9-3-1-2-4-9/h9-12H,1-8H2,(H,15,19)(H,17,18). The Kier molecular flexibility index (Phi) is 3.37. The van der Waals surface area contributed by atoms with Crippen molar-refractivity contribution >= 4 is 12.0 Å². The summed E-state index contributed by atoms with van der Waals surface area (Å²) in [6.45, 7) is 0.756. The monoisotopic (exact) mass is 266 g/mol. The Morgan fingerprint density at radius 2 is 1.89 bits per heavy atom. The minimum Gasteiger partial charge on any atom is -0.481 e. The zero-order chi connectivity index (χ0) is 13.4. The van der Waals surface area contributed by atoms with Gasteiger partial charge in [0.2, 0.25) is 0 Å². The SMILES string of the molecule is O=C(O)C1CC2CCC1N2C(=O)NCC1CCCC1. The maximum Gasteiger partial charge on any atom is 0.317 e. The van der Waals surface area contributed by atoms with E-state index in [0.717, 1.165) is 19.4 Å². The van der Waals surface area contributed by atoms with Crippen LogP contribution in [0.1, 0.15) is 44.9 Å². The van der Waals surface area contributed by atoms with Crippen molar-refractivity contribution in [3.8, 4) is 0 Å². The zero-order valence-electron chi connectivity index (χ0n) is 11.2. The van der Waals surface area contributed by atoms with Crippen LogP contribution in [0.25, 0.3) is 0 Å². The molecule has 2 heterocycles. The molecule has 0 aromatic heterocycles. The second-order valence-corrected chi connectivity index (χ2v) is 6.22. The molecule has 0 aromatic rings. The second kappa shape index (κ2) is 5.02. The molecule has 19 heavy (non-hydrogen) atoms. The van der Waals surface area contributed by atoms with Crippen LogP contribution in [0, 0.1) is 11.8 Å². The van der Waals surface area contributed by atoms with Crippen LogP contribution in [0.3, 0.4) is 0 Å². The lowest BCUT2D eigenvalue weighted by Gasteiger charge is -2.24. The van der Waals surface area contributed by atoms with E-state index in [2.05, 4.69) is 5.32 Å². The number of fused-ring (bicyclic) bond motifs is 2. The Balaban J connectivity index is 1.56. The first-order valence-corrected chi connectivity index (χ1v) is 7.46. The van der Waals surface area contributed by atoms with Crippen molar-refractivity contribution in [3.63, 3.8) is 0 Å². The average Bonchev–Trinajstić information content (AvgIpc) is 3.11. The number of rotatable bonds is 3. The summed E-state index contributed by atoms with van der Waals surface area (Å²) >= 11 is 0. The van der Waals surface area contributed by atoms with Gasteiger partial charge in [0.15, 0.2) is 0 Å². The summed E-state index contributed by atoms with van der Waals surface area (Å²) in [5.41, 5.74) is 0. The highest BCUT2D eigenvalue weighted by Gasteiger charge is 2.51. The molecule has 106 valence electrons. The van der Waals surface area contributed by atoms with Gasteiger partial charge in [-0.2, -0.15) is 0 Å². The van der Waals surface area contributed by atoms with Gasteiger partial charge in [0, 0.05) is 18.6 Å². The first-order valence-electron chi connectivity index (χ1n) is 7.46. The molecule has 1 aliphatic carbocycles. The van der Waals surface area contributed by atoms with E-state index in [1.54, 1.807) is 0 Å². The fourth-order valence-corrected chi connectivity index (χ4v) is 4.11. The fourth-order valence-electron chi connectivity index (χ4n) is 4.11. The first kappa shape index (κ1) is 12.8. The average molecular weight is 266 g/mol. The van der Waals surface area contributed by atoms with E-state index in [9.17, 15) is 14.7 Å². The Labute approximate surface area is 113 Å². The summed E-state index contributed by atoms with van der Waals surface area (Å²) in [6.07, 6.45) is 7.42. The molecule has 3 aliphatic rings. The van der Waals surface area contributed by atoms with E-state index in [1.165, 1.54) is 25.7 Å². The van der Waals surface area contributed by atoms with Crippen LogP contribution in [0.15, 0.2) is 0 Å². The summed E-state index contributed by atoms with van der Waals surface area (Å²) < 4.78 is 0. The number of carboxylic acids is 1. The number of hydrogen-bond donors (Lipinski definition) is 2. The van der Waals surface area contributed by atoms with E-state index in [0.29, 0.717) is 12.3 Å². The van der Waals surface area contributed by atoms with E-state index in [4.69, 9.17) is 0 Å². The lowest BCUT2D eigenvalue weighted by molar-refractivity contribution is -0.142. The van der Waals surface area contributed by atoms with Crippen molar-refractivity contribution in [2.75, 3.05) is 6.54 Å². The van der Waals surface area contributed by atoms with Gasteiger partial charge in [-0.3, -0.25) is 4.79 Å². The number of nitrogens with one attached hydrogen (secondary N) is 1. The minimum absolute atomic E-state index is 0.0388. The number of aliphatic carboxylic acids is 1. The predicted octanol–water partition coefficient (Wildman–Crippen LogP) is 1.82. The van der Waals surface area contributed by atoms with Crippen LogP contribution >= 0.6 is 0 Å². The van der Waals surface area contributed by atoms with Crippen molar-refractivity contribution in [2.45, 2.75) is 57.0 Å². The molecule has 0 spiro atoms. The molecule has 0 aromatic carbocycles. The largest absolute Gasteiger partial charge is 0.481 e. The molecule has 2 aliphatic heterocycles. The third-order valence-corrected chi connectivity index (χ3v) is 5.11. The number of carbonyl (C=O) groups excluding carboxylic acids is 1. The molecular weight excluding hydrogens is 244 g/mol. The molecule has 1 saturated carbocycles. The van der Waals surface area contributed by atoms with E-state index in [1.807, 2.05) is 4.90 Å². The van der Waals surface area contributed by atoms with Crippen LogP contribution in [-0.2, 0) is 4.79 Å². The Morgan fingerprint density at radius 1 is 1.16 bits per heavy atom. The summed E-state index contributed by atoms with van der Waals surface area (Å²) in [7, 11) is 0. The molecule has 3 unspecified atom stereocenters. The third-order valence-electron chi connectivity index (χ3n) is 5.11. The van der Waals surface area contributed by atoms with Crippen molar-refractivity contribution in [3.05, 3.63) is 0 Å². The Bertz CT molecular complexity index is 379. The van der Waals surface area contributed by atoms with Gasteiger partial charge in [-0.05, 0) is 38.0 Å². The van der Waals surface area contributed by atoms with Gasteiger partial charge in [-0.25, -0.2) is 4.79 Å². The van der Waals surface area contributed by atoms with Gasteiger partial charge < -0.3 is 15.3 Å². The fraction of sp³-hybridized carbons (Fsp3) is 0.857. The Hall–Kier alpha value is -1.26. The summed E-state index contributed by atoms with van der Waals surface area (Å²) in [6, 6.07) is 0.0314. The molecule has 5 nitrogen and oxygen atoms in total. The summed E-state index contributed by atoms with van der Waals surface area (Å²) in [4.78, 5) is 25.2. The van der Waals surface area contributed by atoms with Gasteiger partial charge in [0.1, 0.15) is 0 Å². The van der Waals surface area contributed by atoms with Crippen LogP contribution in [-0.4, -0.2) is 40.6 Å². The highest BCUT2D eigenvalue weighted by atomic mass is 16.4. The molecule has 3 rings (SSSR count). The van der Waals surface area contributed by atoms with E-state index in [-0.39, 0.29) is 24.0 Å². The van der Waals surface area contributed by atoms with Crippen LogP contribution in [0.2, 0.25) is 0 Å². The van der Waals surface area contributed by atoms with Gasteiger partial charge >= 0.3 is 12.0 Å². The van der Waals surface area contributed by atoms with Crippen molar-refractivity contribution < 1.29 is 14.7 Å². The van der Waals surface area contributed by atoms with Gasteiger partial charge in [-0.15, -0.1) is 0 Å². The number of hydrogen-bond acceptors (Lipinski definition) is 2. The molecule has 3 atom stereocenters. The molecule has 2 bridgehead atoms. The second-order valence-electron chi connectivity index (χ2n) is 6.22. The van der Waals surface area contributed by atoms with Gasteiger partial charge in [-0.1, -0.05) is 12.8 Å². The highest BCUT2D eigenvalue weighted by Crippen LogP contribution is 2.41. The summed E-state index contributed by atoms with van der Waals surface area (Å²) in [5.74, 6) is -0.476. The van der Waals surface area contributed by atoms with Crippen molar-refractivity contribution in [2.24, 2.45) is 11.8 Å². The zero-order valence-corrected chi connectivity index (χ0v) is 11.2. The lowest BCUT2D eigenvalue weighted by Crippen LogP contribution is -2.45. The Morgan fingerprint density at radius 3 is 2.53 bits per heavy atom. The molecule has 2 saturated heterocycles. The lowest BCUT2D eigenvalue weighted by atomic mass is 9.89. The minimum atomic E-state index is -0.749. The maximum absolute atomic E-state index is 12.3. The van der Waals surface area contributed by atoms with Crippen LogP contribution < -0.4 is 5.32 Å². The summed E-state index contributed by atoms with van der Waals surface area (Å²) in [5, 5.41) is 12.2. The number of carboxylic acid groups (broad SMARTS) is 1. The van der Waals surface area contributed by atoms with Crippen LogP contribution in [0.5, 0.6) is 0 Å². The normalized spacial score (nSPS) is 33.9. The number of amides is 2. The third kappa shape index (κ3) is 2.30. The number of urea groups is 1. The quantitative estimate of drug-likeness (QED) is 0.818. The van der Waals surface area contributed by atoms with Crippen LogP contribution in [0.4, 0.5) is 4.79 Å². The molecule has 2 N–H and O–H groups in total. The molecule has 3 fully saturated rings. The number of carbonyl (C=O) groups is 2. The van der Waals surface area contributed by atoms with Gasteiger partial charge in [0.25, 0.3) is 0 Å². The predicted molar refractivity (Wildman–Crippen MR) is 69.7 cm³/mol. The molecular formula is C14H22N2O3. The number of nitrogens with zero attached hydrogens (tertiary/aromatic N) is 1. The van der Waals surface area contributed by atoms with E-state index >= 15 is 0 Å².